The van der Waals surface area contributed by atoms with Gasteiger partial charge in [-0.25, -0.2) is 4.39 Å². The van der Waals surface area contributed by atoms with Crippen LogP contribution in [0.4, 0.5) is 10.1 Å². The Bertz CT molecular complexity index is 1270. The van der Waals surface area contributed by atoms with Crippen LogP contribution in [0.1, 0.15) is 28.7 Å². The molecule has 0 aliphatic heterocycles. The molecule has 1 N–H and O–H groups in total. The van der Waals surface area contributed by atoms with Crippen LogP contribution in [0, 0.1) is 15.9 Å². The van der Waals surface area contributed by atoms with Crippen LogP contribution < -0.4 is 5.32 Å². The first kappa shape index (κ1) is 22.5. The number of carbonyl (C=O) groups is 1. The van der Waals surface area contributed by atoms with Crippen LogP contribution in [0.25, 0.3) is 17.2 Å². The summed E-state index contributed by atoms with van der Waals surface area (Å²) in [7, 11) is 0. The molecule has 1 aliphatic carbocycles. The summed E-state index contributed by atoms with van der Waals surface area (Å²) >= 11 is 1.67. The first-order valence-corrected chi connectivity index (χ1v) is 11.5. The van der Waals surface area contributed by atoms with Gasteiger partial charge in [0, 0.05) is 23.6 Å². The van der Waals surface area contributed by atoms with Crippen molar-refractivity contribution < 1.29 is 14.1 Å². The number of non-ortho nitro benzene ring substituents is 1. The summed E-state index contributed by atoms with van der Waals surface area (Å²) in [5, 5.41) is 13.6. The summed E-state index contributed by atoms with van der Waals surface area (Å²) in [5.41, 5.74) is 5.07. The summed E-state index contributed by atoms with van der Waals surface area (Å²) in [6, 6.07) is 18.8. The molecular weight excluding hydrogens is 439 g/mol. The van der Waals surface area contributed by atoms with E-state index < -0.39 is 4.92 Å². The first-order valence-electron chi connectivity index (χ1n) is 10.3. The number of benzene rings is 3. The van der Waals surface area contributed by atoms with E-state index in [4.69, 9.17) is 0 Å². The third kappa shape index (κ3) is 5.38. The molecule has 7 heteroatoms. The molecule has 0 spiro atoms. The summed E-state index contributed by atoms with van der Waals surface area (Å²) in [6.07, 6.45) is 6.09. The molecule has 0 bridgehead atoms. The van der Waals surface area contributed by atoms with Crippen LogP contribution in [0.5, 0.6) is 0 Å². The van der Waals surface area contributed by atoms with Crippen LogP contribution in [-0.4, -0.2) is 17.1 Å². The van der Waals surface area contributed by atoms with Crippen molar-refractivity contribution in [3.05, 3.63) is 111 Å². The van der Waals surface area contributed by atoms with E-state index in [2.05, 4.69) is 5.32 Å². The highest BCUT2D eigenvalue weighted by molar-refractivity contribution is 7.98. The molecule has 1 amide bonds. The van der Waals surface area contributed by atoms with Crippen molar-refractivity contribution in [1.82, 2.24) is 5.32 Å². The lowest BCUT2D eigenvalue weighted by molar-refractivity contribution is -0.384. The minimum absolute atomic E-state index is 0.00206. The number of hydrogen-bond donors (Lipinski definition) is 1. The number of nitro benzene ring substituents is 1. The van der Waals surface area contributed by atoms with Gasteiger partial charge in [0.05, 0.1) is 11.3 Å². The molecule has 33 heavy (non-hydrogen) atoms. The van der Waals surface area contributed by atoms with Crippen molar-refractivity contribution in [3.63, 3.8) is 0 Å². The van der Waals surface area contributed by atoms with Crippen molar-refractivity contribution in [1.29, 1.82) is 0 Å². The normalized spacial score (nSPS) is 13.5. The number of thioether (sulfide) groups is 1. The molecule has 0 heterocycles. The molecule has 0 saturated carbocycles. The lowest BCUT2D eigenvalue weighted by atomic mass is 10.0. The van der Waals surface area contributed by atoms with Crippen LogP contribution in [0.15, 0.2) is 77.7 Å². The van der Waals surface area contributed by atoms with Gasteiger partial charge in [-0.15, -0.1) is 11.8 Å². The van der Waals surface area contributed by atoms with E-state index in [9.17, 15) is 19.3 Å². The summed E-state index contributed by atoms with van der Waals surface area (Å²) < 4.78 is 14.0. The van der Waals surface area contributed by atoms with Gasteiger partial charge in [0.15, 0.2) is 0 Å². The number of allylic oxidation sites excluding steroid dienone is 2. The Morgan fingerprint density at radius 1 is 1.06 bits per heavy atom. The molecule has 0 atom stereocenters. The standard InChI is InChI=1S/C26H21FN2O3S/c1-33-23-9-4-17(5-10-23)12-19-13-20(25-15-21(27)6-11-24(19)25)14-26(30)28-16-18-2-7-22(8-3-18)29(31)32/h2-13,15H,14,16H2,1H3,(H,28,30)/b19-12+. The summed E-state index contributed by atoms with van der Waals surface area (Å²) in [4.78, 5) is 24.1. The molecular formula is C26H21FN2O3S. The predicted molar refractivity (Wildman–Crippen MR) is 130 cm³/mol. The highest BCUT2D eigenvalue weighted by atomic mass is 32.2. The van der Waals surface area contributed by atoms with Gasteiger partial charge < -0.3 is 5.32 Å². The van der Waals surface area contributed by atoms with Crippen LogP contribution in [0.3, 0.4) is 0 Å². The van der Waals surface area contributed by atoms with Crippen molar-refractivity contribution >= 4 is 40.6 Å². The first-order chi connectivity index (χ1) is 15.9. The van der Waals surface area contributed by atoms with Gasteiger partial charge in [0.1, 0.15) is 5.82 Å². The summed E-state index contributed by atoms with van der Waals surface area (Å²) in [6.45, 7) is 0.255. The molecule has 4 rings (SSSR count). The van der Waals surface area contributed by atoms with Gasteiger partial charge in [0.2, 0.25) is 5.91 Å². The molecule has 1 aliphatic rings. The molecule has 0 radical (unpaired) electrons. The van der Waals surface area contributed by atoms with E-state index in [1.54, 1.807) is 30.0 Å². The molecule has 0 aromatic heterocycles. The van der Waals surface area contributed by atoms with Crippen molar-refractivity contribution in [2.45, 2.75) is 17.9 Å². The number of halogens is 1. The van der Waals surface area contributed by atoms with Crippen molar-refractivity contribution in [2.24, 2.45) is 0 Å². The third-order valence-corrected chi connectivity index (χ3v) is 6.14. The highest BCUT2D eigenvalue weighted by Gasteiger charge is 2.21. The van der Waals surface area contributed by atoms with Gasteiger partial charge in [-0.1, -0.05) is 30.3 Å². The van der Waals surface area contributed by atoms with Gasteiger partial charge in [-0.3, -0.25) is 14.9 Å². The fraction of sp³-hybridized carbons (Fsp3) is 0.115. The highest BCUT2D eigenvalue weighted by Crippen LogP contribution is 2.38. The Kier molecular flexibility index (Phi) is 6.70. The number of fused-ring (bicyclic) bond motifs is 1. The number of rotatable bonds is 7. The molecule has 0 unspecified atom stereocenters. The van der Waals surface area contributed by atoms with Gasteiger partial charge in [-0.2, -0.15) is 0 Å². The lowest BCUT2D eigenvalue weighted by Gasteiger charge is -2.08. The molecule has 0 saturated heterocycles. The fourth-order valence-electron chi connectivity index (χ4n) is 3.69. The lowest BCUT2D eigenvalue weighted by Crippen LogP contribution is -2.22. The Labute approximate surface area is 195 Å². The Morgan fingerprint density at radius 3 is 2.45 bits per heavy atom. The zero-order valence-electron chi connectivity index (χ0n) is 17.9. The second kappa shape index (κ2) is 9.83. The maximum absolute atomic E-state index is 14.0. The minimum Gasteiger partial charge on any atom is -0.352 e. The van der Waals surface area contributed by atoms with E-state index in [0.29, 0.717) is 5.56 Å². The third-order valence-electron chi connectivity index (χ3n) is 5.39. The number of hydrogen-bond acceptors (Lipinski definition) is 4. The van der Waals surface area contributed by atoms with Crippen LogP contribution in [0.2, 0.25) is 0 Å². The Morgan fingerprint density at radius 2 is 1.79 bits per heavy atom. The number of nitrogens with zero attached hydrogens (tertiary/aromatic N) is 1. The number of nitro groups is 1. The van der Waals surface area contributed by atoms with Crippen molar-refractivity contribution in [3.8, 4) is 0 Å². The molecule has 166 valence electrons. The Balaban J connectivity index is 1.50. The van der Waals surface area contributed by atoms with E-state index in [1.165, 1.54) is 29.2 Å². The second-order valence-corrected chi connectivity index (χ2v) is 8.49. The predicted octanol–water partition coefficient (Wildman–Crippen LogP) is 6.10. The molecule has 3 aromatic carbocycles. The van der Waals surface area contributed by atoms with E-state index >= 15 is 0 Å². The number of carbonyl (C=O) groups excluding carboxylic acids is 1. The maximum atomic E-state index is 14.0. The number of amides is 1. The SMILES string of the molecule is CSc1ccc(/C=C2\C=C(CC(=O)NCc3ccc([N+](=O)[O-])cc3)c3cc(F)ccc32)cc1. The van der Waals surface area contributed by atoms with Gasteiger partial charge in [0.25, 0.3) is 5.69 Å². The quantitative estimate of drug-likeness (QED) is 0.263. The van der Waals surface area contributed by atoms with E-state index in [0.717, 1.165) is 27.8 Å². The average Bonchev–Trinajstić information content (AvgIpc) is 3.14. The second-order valence-electron chi connectivity index (χ2n) is 7.61. The van der Waals surface area contributed by atoms with Crippen LogP contribution >= 0.6 is 11.8 Å². The summed E-state index contributed by atoms with van der Waals surface area (Å²) in [5.74, 6) is -0.558. The largest absolute Gasteiger partial charge is 0.352 e. The maximum Gasteiger partial charge on any atom is 0.269 e. The Hall–Kier alpha value is -3.71. The van der Waals surface area contributed by atoms with Crippen molar-refractivity contribution in [2.75, 3.05) is 6.26 Å². The molecule has 5 nitrogen and oxygen atoms in total. The minimum atomic E-state index is -0.465. The zero-order chi connectivity index (χ0) is 23.4. The van der Waals surface area contributed by atoms with Gasteiger partial charge >= 0.3 is 0 Å². The smallest absolute Gasteiger partial charge is 0.269 e. The van der Waals surface area contributed by atoms with E-state index in [-0.39, 0.29) is 30.4 Å². The monoisotopic (exact) mass is 460 g/mol. The molecule has 3 aromatic rings. The van der Waals surface area contributed by atoms with Crippen LogP contribution in [-0.2, 0) is 11.3 Å². The number of nitrogens with one attached hydrogen (secondary N) is 1. The zero-order valence-corrected chi connectivity index (χ0v) is 18.7. The average molecular weight is 461 g/mol. The van der Waals surface area contributed by atoms with E-state index in [1.807, 2.05) is 42.7 Å². The van der Waals surface area contributed by atoms with Gasteiger partial charge in [-0.05, 0) is 76.1 Å². The fourth-order valence-corrected chi connectivity index (χ4v) is 4.10. The topological polar surface area (TPSA) is 72.2 Å². The molecule has 0 fully saturated rings.